The second-order valence-corrected chi connectivity index (χ2v) is 3.31. The maximum atomic E-state index is 9.64. The quantitative estimate of drug-likeness (QED) is 0.729. The number of methoxy groups -OCH3 is 1. The topological polar surface area (TPSA) is 60.2 Å². The second-order valence-electron chi connectivity index (χ2n) is 3.31. The number of hydrogen-bond acceptors (Lipinski definition) is 4. The number of ether oxygens (including phenoxy) is 1. The lowest BCUT2D eigenvalue weighted by Crippen LogP contribution is -2.11. The van der Waals surface area contributed by atoms with E-state index in [2.05, 4.69) is 10.3 Å². The van der Waals surface area contributed by atoms with Gasteiger partial charge in [-0.2, -0.15) is 0 Å². The van der Waals surface area contributed by atoms with Crippen molar-refractivity contribution in [3.63, 3.8) is 0 Å². The third-order valence-electron chi connectivity index (χ3n) is 2.16. The molecular weight excluding hydrogens is 170 g/mol. The molecule has 0 aromatic carbocycles. The first-order valence-corrected chi connectivity index (χ1v) is 4.40. The van der Waals surface area contributed by atoms with Crippen molar-refractivity contribution in [1.82, 2.24) is 15.0 Å². The highest BCUT2D eigenvalue weighted by Gasteiger charge is 2.28. The lowest BCUT2D eigenvalue weighted by Gasteiger charge is -2.10. The third-order valence-corrected chi connectivity index (χ3v) is 2.16. The summed E-state index contributed by atoms with van der Waals surface area (Å²) in [4.78, 5) is 0. The van der Waals surface area contributed by atoms with Crippen molar-refractivity contribution < 1.29 is 9.84 Å². The summed E-state index contributed by atoms with van der Waals surface area (Å²) in [6.45, 7) is 0.292. The zero-order valence-electron chi connectivity index (χ0n) is 7.55. The van der Waals surface area contributed by atoms with Crippen LogP contribution < -0.4 is 0 Å². The molecule has 1 fully saturated rings. The van der Waals surface area contributed by atoms with Gasteiger partial charge in [-0.3, -0.25) is 0 Å². The number of hydrogen-bond donors (Lipinski definition) is 1. The van der Waals surface area contributed by atoms with Gasteiger partial charge in [0.25, 0.3) is 0 Å². The molecule has 2 rings (SSSR count). The summed E-state index contributed by atoms with van der Waals surface area (Å²) in [5.74, 6) is 0. The lowest BCUT2D eigenvalue weighted by atomic mass is 10.3. The standard InChI is InChI=1S/C8H13N3O2/c1-13-5-8(12)7-4-9-10-11(7)6-2-3-6/h4,6,8,12H,2-3,5H2,1H3/t8-/m0/s1. The van der Waals surface area contributed by atoms with Crippen LogP contribution >= 0.6 is 0 Å². The molecule has 5 heteroatoms. The molecular formula is C8H13N3O2. The van der Waals surface area contributed by atoms with Gasteiger partial charge in [-0.25, -0.2) is 4.68 Å². The highest BCUT2D eigenvalue weighted by molar-refractivity contribution is 5.02. The number of aromatic nitrogens is 3. The fourth-order valence-electron chi connectivity index (χ4n) is 1.34. The molecule has 1 aliphatic rings. The van der Waals surface area contributed by atoms with Crippen LogP contribution in [0.4, 0.5) is 0 Å². The third kappa shape index (κ3) is 1.71. The van der Waals surface area contributed by atoms with Crippen LogP contribution in [0.5, 0.6) is 0 Å². The van der Waals surface area contributed by atoms with Gasteiger partial charge in [0.15, 0.2) is 0 Å². The molecule has 1 saturated carbocycles. The van der Waals surface area contributed by atoms with E-state index in [1.165, 1.54) is 0 Å². The van der Waals surface area contributed by atoms with Gasteiger partial charge in [0.05, 0.1) is 24.5 Å². The van der Waals surface area contributed by atoms with Gasteiger partial charge in [-0.1, -0.05) is 5.21 Å². The molecule has 0 saturated heterocycles. The van der Waals surface area contributed by atoms with Crippen LogP contribution in [0, 0.1) is 0 Å². The molecule has 1 atom stereocenters. The normalized spacial score (nSPS) is 18.9. The van der Waals surface area contributed by atoms with Crippen molar-refractivity contribution in [2.24, 2.45) is 0 Å². The number of rotatable bonds is 4. The Bertz CT molecular complexity index is 283. The highest BCUT2D eigenvalue weighted by Crippen LogP contribution is 2.35. The molecule has 0 bridgehead atoms. The van der Waals surface area contributed by atoms with Crippen LogP contribution in [0.1, 0.15) is 30.7 Å². The molecule has 0 amide bonds. The smallest absolute Gasteiger partial charge is 0.120 e. The first-order chi connectivity index (χ1) is 6.33. The Balaban J connectivity index is 2.13. The van der Waals surface area contributed by atoms with Gasteiger partial charge in [0.2, 0.25) is 0 Å². The lowest BCUT2D eigenvalue weighted by molar-refractivity contribution is 0.0585. The van der Waals surface area contributed by atoms with Crippen LogP contribution in [0.25, 0.3) is 0 Å². The summed E-state index contributed by atoms with van der Waals surface area (Å²) in [5.41, 5.74) is 0.754. The highest BCUT2D eigenvalue weighted by atomic mass is 16.5. The van der Waals surface area contributed by atoms with Crippen molar-refractivity contribution in [3.8, 4) is 0 Å². The van der Waals surface area contributed by atoms with E-state index in [1.54, 1.807) is 18.0 Å². The van der Waals surface area contributed by atoms with E-state index >= 15 is 0 Å². The fourth-order valence-corrected chi connectivity index (χ4v) is 1.34. The van der Waals surface area contributed by atoms with E-state index in [0.717, 1.165) is 18.5 Å². The summed E-state index contributed by atoms with van der Waals surface area (Å²) in [6.07, 6.45) is 3.26. The first kappa shape index (κ1) is 8.65. The fraction of sp³-hybridized carbons (Fsp3) is 0.750. The van der Waals surface area contributed by atoms with Crippen molar-refractivity contribution >= 4 is 0 Å². The predicted molar refractivity (Wildman–Crippen MR) is 45.1 cm³/mol. The molecule has 1 aliphatic carbocycles. The monoisotopic (exact) mass is 183 g/mol. The number of aliphatic hydroxyl groups is 1. The molecule has 0 radical (unpaired) electrons. The van der Waals surface area contributed by atoms with Crippen molar-refractivity contribution in [3.05, 3.63) is 11.9 Å². The van der Waals surface area contributed by atoms with Crippen LogP contribution in [-0.4, -0.2) is 33.8 Å². The molecule has 13 heavy (non-hydrogen) atoms. The van der Waals surface area contributed by atoms with Gasteiger partial charge in [0, 0.05) is 7.11 Å². The minimum atomic E-state index is -0.611. The largest absolute Gasteiger partial charge is 0.384 e. The summed E-state index contributed by atoms with van der Waals surface area (Å²) >= 11 is 0. The second kappa shape index (κ2) is 3.43. The number of aliphatic hydroxyl groups excluding tert-OH is 1. The van der Waals surface area contributed by atoms with E-state index in [4.69, 9.17) is 4.74 Å². The van der Waals surface area contributed by atoms with Gasteiger partial charge < -0.3 is 9.84 Å². The molecule has 0 spiro atoms. The zero-order chi connectivity index (χ0) is 9.26. The molecule has 1 N–H and O–H groups in total. The van der Waals surface area contributed by atoms with Crippen LogP contribution in [-0.2, 0) is 4.74 Å². The first-order valence-electron chi connectivity index (χ1n) is 4.40. The Morgan fingerprint density at radius 2 is 2.54 bits per heavy atom. The van der Waals surface area contributed by atoms with Gasteiger partial charge in [-0.05, 0) is 12.8 Å². The molecule has 0 unspecified atom stereocenters. The summed E-state index contributed by atoms with van der Waals surface area (Å²) in [5, 5.41) is 17.4. The zero-order valence-corrected chi connectivity index (χ0v) is 7.55. The van der Waals surface area contributed by atoms with Gasteiger partial charge >= 0.3 is 0 Å². The Morgan fingerprint density at radius 1 is 1.77 bits per heavy atom. The van der Waals surface area contributed by atoms with Crippen LogP contribution in [0.2, 0.25) is 0 Å². The van der Waals surface area contributed by atoms with Crippen molar-refractivity contribution in [2.75, 3.05) is 13.7 Å². The Kier molecular flexibility index (Phi) is 2.28. The van der Waals surface area contributed by atoms with E-state index < -0.39 is 6.10 Å². The maximum absolute atomic E-state index is 9.64. The SMILES string of the molecule is COC[C@H](O)c1cnnn1C1CC1. The molecule has 1 aromatic rings. The predicted octanol–water partition coefficient (Wildman–Crippen LogP) is 0.293. The van der Waals surface area contributed by atoms with Crippen LogP contribution in [0.3, 0.4) is 0 Å². The minimum Gasteiger partial charge on any atom is -0.384 e. The molecule has 5 nitrogen and oxygen atoms in total. The maximum Gasteiger partial charge on any atom is 0.120 e. The van der Waals surface area contributed by atoms with E-state index in [-0.39, 0.29) is 0 Å². The molecule has 1 heterocycles. The van der Waals surface area contributed by atoms with E-state index in [0.29, 0.717) is 12.6 Å². The number of nitrogens with zero attached hydrogens (tertiary/aromatic N) is 3. The minimum absolute atomic E-state index is 0.292. The average molecular weight is 183 g/mol. The summed E-state index contributed by atoms with van der Waals surface area (Å²) in [6, 6.07) is 0.448. The Hall–Kier alpha value is -0.940. The van der Waals surface area contributed by atoms with Gasteiger partial charge in [-0.15, -0.1) is 5.10 Å². The van der Waals surface area contributed by atoms with E-state index in [1.807, 2.05) is 0 Å². The molecule has 0 aliphatic heterocycles. The average Bonchev–Trinajstić information content (AvgIpc) is 2.84. The molecule has 72 valence electrons. The van der Waals surface area contributed by atoms with Gasteiger partial charge in [0.1, 0.15) is 6.10 Å². The van der Waals surface area contributed by atoms with Crippen molar-refractivity contribution in [1.29, 1.82) is 0 Å². The van der Waals surface area contributed by atoms with E-state index in [9.17, 15) is 5.11 Å². The summed E-state index contributed by atoms with van der Waals surface area (Å²) < 4.78 is 6.66. The Labute approximate surface area is 76.3 Å². The molecule has 1 aromatic heterocycles. The van der Waals surface area contributed by atoms with Crippen molar-refractivity contribution in [2.45, 2.75) is 25.0 Å². The summed E-state index contributed by atoms with van der Waals surface area (Å²) in [7, 11) is 1.56. The Morgan fingerprint density at radius 3 is 3.15 bits per heavy atom. The van der Waals surface area contributed by atoms with Crippen LogP contribution in [0.15, 0.2) is 6.20 Å².